The van der Waals surface area contributed by atoms with E-state index in [0.29, 0.717) is 22.6 Å². The highest BCUT2D eigenvalue weighted by atomic mass is 35.5. The molecule has 6 atom stereocenters. The Labute approximate surface area is 172 Å². The number of hydrogen-bond donors (Lipinski definition) is 5. The van der Waals surface area contributed by atoms with Gasteiger partial charge in [0.25, 0.3) is 0 Å². The van der Waals surface area contributed by atoms with Gasteiger partial charge in [0.05, 0.1) is 36.1 Å². The molecule has 0 radical (unpaired) electrons. The Morgan fingerprint density at radius 1 is 0.964 bits per heavy atom. The van der Waals surface area contributed by atoms with Crippen LogP contribution in [0.1, 0.15) is 26.7 Å². The van der Waals surface area contributed by atoms with Crippen molar-refractivity contribution < 1.29 is 34.4 Å². The molecular formula is C21H25ClO6. The second-order valence-electron chi connectivity index (χ2n) is 7.11. The molecule has 0 amide bonds. The minimum Gasteiger partial charge on any atom is -0.497 e. The Hall–Kier alpha value is -1.67. The van der Waals surface area contributed by atoms with Crippen LogP contribution in [0.4, 0.5) is 0 Å². The second-order valence-corrected chi connectivity index (χ2v) is 7.52. The van der Waals surface area contributed by atoms with Crippen LogP contribution >= 0.6 is 11.6 Å². The van der Waals surface area contributed by atoms with E-state index in [4.69, 9.17) is 20.5 Å². The lowest BCUT2D eigenvalue weighted by molar-refractivity contribution is -0.169. The van der Waals surface area contributed by atoms with Crippen molar-refractivity contribution in [3.63, 3.8) is 0 Å². The third-order valence-electron chi connectivity index (χ3n) is 5.41. The maximum Gasteiger partial charge on any atom is 0.118 e. The van der Waals surface area contributed by atoms with E-state index in [1.165, 1.54) is 12.1 Å². The molecule has 1 fully saturated rings. The quantitative estimate of drug-likeness (QED) is 0.503. The summed E-state index contributed by atoms with van der Waals surface area (Å²) < 4.78 is 26.3. The Morgan fingerprint density at radius 3 is 2.32 bits per heavy atom. The van der Waals surface area contributed by atoms with Crippen molar-refractivity contribution in [3.8, 4) is 5.75 Å². The summed E-state index contributed by atoms with van der Waals surface area (Å²) in [6.45, 7) is -0.548. The van der Waals surface area contributed by atoms with Crippen molar-refractivity contribution in [2.45, 2.75) is 36.8 Å². The minimum atomic E-state index is -2.54. The highest BCUT2D eigenvalue weighted by Gasteiger charge is 2.48. The molecule has 0 spiro atoms. The highest BCUT2D eigenvalue weighted by molar-refractivity contribution is 6.31. The van der Waals surface area contributed by atoms with E-state index < -0.39 is 49.9 Å². The summed E-state index contributed by atoms with van der Waals surface area (Å²) in [4.78, 5) is 0. The van der Waals surface area contributed by atoms with Crippen molar-refractivity contribution in [2.75, 3.05) is 13.6 Å². The first-order valence-electron chi connectivity index (χ1n) is 10.4. The summed E-state index contributed by atoms with van der Waals surface area (Å²) in [5.74, 6) is -1.73. The number of rotatable bonds is 5. The molecule has 1 aliphatic rings. The Balaban J connectivity index is 1.85. The first kappa shape index (κ1) is 17.2. The van der Waals surface area contributed by atoms with Crippen molar-refractivity contribution in [2.24, 2.45) is 5.92 Å². The Kier molecular flexibility index (Phi) is 5.40. The number of methoxy groups -OCH3 is 1. The van der Waals surface area contributed by atoms with Gasteiger partial charge in [0, 0.05) is 16.9 Å². The molecule has 6 nitrogen and oxygen atoms in total. The van der Waals surface area contributed by atoms with E-state index in [1.807, 2.05) is 0 Å². The van der Waals surface area contributed by atoms with Crippen LogP contribution in [0.2, 0.25) is 5.02 Å². The van der Waals surface area contributed by atoms with Crippen LogP contribution in [-0.2, 0) is 6.42 Å². The van der Waals surface area contributed by atoms with Gasteiger partial charge in [-0.25, -0.2) is 0 Å². The maximum absolute atomic E-state index is 10.6. The van der Waals surface area contributed by atoms with Crippen LogP contribution in [0.25, 0.3) is 0 Å². The zero-order chi connectivity index (χ0) is 22.9. The van der Waals surface area contributed by atoms with Gasteiger partial charge in [-0.1, -0.05) is 35.9 Å². The molecule has 0 heterocycles. The molecule has 28 heavy (non-hydrogen) atoms. The fraction of sp³-hybridized carbons (Fsp3) is 0.429. The van der Waals surface area contributed by atoms with Gasteiger partial charge in [-0.05, 0) is 41.3 Å². The van der Waals surface area contributed by atoms with Crippen LogP contribution in [0.15, 0.2) is 42.5 Å². The minimum absolute atomic E-state index is 0.208. The number of benzene rings is 2. The SMILES string of the molecule is [2H]C([2H])([2H])Oc1ccc(Cc2cc([C@H]3[C@H](O)[C@@H](O)[C@H](O)[C@@H](CO)[C@@H]3O)ccc2Cl)cc1. The number of halogens is 1. The summed E-state index contributed by atoms with van der Waals surface area (Å²) in [5.41, 5.74) is 2.01. The van der Waals surface area contributed by atoms with Crippen molar-refractivity contribution in [3.05, 3.63) is 64.2 Å². The molecule has 2 aromatic rings. The van der Waals surface area contributed by atoms with Crippen molar-refractivity contribution in [1.82, 2.24) is 0 Å². The van der Waals surface area contributed by atoms with Gasteiger partial charge in [-0.2, -0.15) is 0 Å². The van der Waals surface area contributed by atoms with E-state index in [2.05, 4.69) is 0 Å². The van der Waals surface area contributed by atoms with Crippen molar-refractivity contribution >= 4 is 11.6 Å². The summed E-state index contributed by atoms with van der Waals surface area (Å²) >= 11 is 6.33. The van der Waals surface area contributed by atoms with Gasteiger partial charge in [0.2, 0.25) is 0 Å². The molecule has 7 heteroatoms. The van der Waals surface area contributed by atoms with Crippen LogP contribution in [0, 0.1) is 5.92 Å². The predicted molar refractivity (Wildman–Crippen MR) is 105 cm³/mol. The van der Waals surface area contributed by atoms with E-state index in [9.17, 15) is 25.5 Å². The topological polar surface area (TPSA) is 110 Å². The average Bonchev–Trinajstić information content (AvgIpc) is 2.69. The summed E-state index contributed by atoms with van der Waals surface area (Å²) in [6, 6.07) is 11.4. The molecule has 1 saturated carbocycles. The molecule has 152 valence electrons. The van der Waals surface area contributed by atoms with Crippen LogP contribution in [0.3, 0.4) is 0 Å². The van der Waals surface area contributed by atoms with Gasteiger partial charge < -0.3 is 30.3 Å². The number of hydrogen-bond acceptors (Lipinski definition) is 6. The molecular weight excluding hydrogens is 384 g/mol. The Morgan fingerprint density at radius 2 is 1.68 bits per heavy atom. The fourth-order valence-corrected chi connectivity index (χ4v) is 3.97. The van der Waals surface area contributed by atoms with E-state index >= 15 is 0 Å². The summed E-state index contributed by atoms with van der Waals surface area (Å²) in [7, 11) is -2.54. The summed E-state index contributed by atoms with van der Waals surface area (Å²) in [6.07, 6.45) is -5.29. The third kappa shape index (κ3) is 4.03. The van der Waals surface area contributed by atoms with Gasteiger partial charge in [-0.3, -0.25) is 0 Å². The fourth-order valence-electron chi connectivity index (χ4n) is 3.78. The lowest BCUT2D eigenvalue weighted by Gasteiger charge is -2.43. The molecule has 0 saturated heterocycles. The normalized spacial score (nSPS) is 32.3. The predicted octanol–water partition coefficient (Wildman–Crippen LogP) is 1.09. The molecule has 0 aromatic heterocycles. The highest BCUT2D eigenvalue weighted by Crippen LogP contribution is 2.38. The number of aliphatic hydroxyl groups excluding tert-OH is 5. The monoisotopic (exact) mass is 411 g/mol. The second kappa shape index (κ2) is 8.78. The van der Waals surface area contributed by atoms with E-state index in [-0.39, 0.29) is 5.75 Å². The Bertz CT molecular complexity index is 892. The zero-order valence-electron chi connectivity index (χ0n) is 17.9. The smallest absolute Gasteiger partial charge is 0.118 e. The molecule has 0 aliphatic heterocycles. The van der Waals surface area contributed by atoms with E-state index in [1.54, 1.807) is 30.3 Å². The standard InChI is InChI=1S/C21H25ClO6/c1-28-14-5-2-11(3-6-14)8-13-9-12(4-7-16(13)22)17-18(24)15(10-23)19(25)21(27)20(17)26/h2-7,9,15,17-21,23-27H,8,10H2,1H3/t15-,17+,18-,19+,20-,21-/m0/s1/i1D3. The van der Waals surface area contributed by atoms with Crippen LogP contribution < -0.4 is 4.74 Å². The number of aliphatic hydroxyl groups is 5. The molecule has 5 N–H and O–H groups in total. The average molecular weight is 412 g/mol. The molecule has 3 rings (SSSR count). The van der Waals surface area contributed by atoms with Crippen LogP contribution in [0.5, 0.6) is 5.75 Å². The lowest BCUT2D eigenvalue weighted by atomic mass is 9.70. The molecule has 1 aliphatic carbocycles. The third-order valence-corrected chi connectivity index (χ3v) is 5.78. The van der Waals surface area contributed by atoms with Crippen LogP contribution in [-0.4, -0.2) is 63.6 Å². The lowest BCUT2D eigenvalue weighted by Crippen LogP contribution is -2.58. The van der Waals surface area contributed by atoms with Gasteiger partial charge in [0.1, 0.15) is 11.9 Å². The van der Waals surface area contributed by atoms with Gasteiger partial charge >= 0.3 is 0 Å². The zero-order valence-corrected chi connectivity index (χ0v) is 15.7. The molecule has 2 aromatic carbocycles. The van der Waals surface area contributed by atoms with Crippen molar-refractivity contribution in [1.29, 1.82) is 0 Å². The molecule has 0 unspecified atom stereocenters. The van der Waals surface area contributed by atoms with Gasteiger partial charge in [-0.15, -0.1) is 0 Å². The first-order valence-corrected chi connectivity index (χ1v) is 9.29. The maximum atomic E-state index is 10.6. The van der Waals surface area contributed by atoms with E-state index in [0.717, 1.165) is 5.56 Å². The van der Waals surface area contributed by atoms with Gasteiger partial charge in [0.15, 0.2) is 0 Å². The number of ether oxygens (including phenoxy) is 1. The first-order chi connectivity index (χ1) is 14.5. The largest absolute Gasteiger partial charge is 0.497 e. The molecule has 0 bridgehead atoms. The summed E-state index contributed by atoms with van der Waals surface area (Å²) in [5, 5.41) is 51.3.